The van der Waals surface area contributed by atoms with Gasteiger partial charge in [0, 0.05) is 0 Å². The first-order valence-corrected chi connectivity index (χ1v) is 10.7. The molecule has 0 bridgehead atoms. The molecule has 196 valence electrons. The van der Waals surface area contributed by atoms with Crippen LogP contribution in [0.25, 0.3) is 0 Å². The first-order valence-electron chi connectivity index (χ1n) is 10.7. The number of ether oxygens (including phenoxy) is 3. The van der Waals surface area contributed by atoms with Gasteiger partial charge in [-0.3, -0.25) is 0 Å². The molecule has 0 radical (unpaired) electrons. The number of aryl methyl sites for hydroxylation is 4. The van der Waals surface area contributed by atoms with Crippen LogP contribution >= 0.6 is 0 Å². The molecule has 1 saturated heterocycles. The first kappa shape index (κ1) is 31.5. The zero-order valence-electron chi connectivity index (χ0n) is 20.0. The molecule has 10 nitrogen and oxygen atoms in total. The minimum Gasteiger partial charge on any atom is -0.491 e. The molecular weight excluding hydrogens is 454 g/mol. The zero-order valence-corrected chi connectivity index (χ0v) is 20.0. The number of carbonyl (C=O) groups is 2. The van der Waals surface area contributed by atoms with Gasteiger partial charge in [-0.1, -0.05) is 19.6 Å². The molecular formula is C25H39N3O7. The first-order chi connectivity index (χ1) is 16.0. The van der Waals surface area contributed by atoms with E-state index in [1.807, 2.05) is 52.0 Å². The van der Waals surface area contributed by atoms with Gasteiger partial charge in [0.1, 0.15) is 30.8 Å². The number of amides is 3. The van der Waals surface area contributed by atoms with E-state index < -0.39 is 12.1 Å². The van der Waals surface area contributed by atoms with Gasteiger partial charge in [-0.25, -0.2) is 9.59 Å². The van der Waals surface area contributed by atoms with Crippen LogP contribution in [0.5, 0.6) is 11.5 Å². The number of primary amides is 2. The van der Waals surface area contributed by atoms with Crippen molar-refractivity contribution in [1.29, 1.82) is 0 Å². The van der Waals surface area contributed by atoms with Crippen molar-refractivity contribution >= 4 is 12.1 Å². The van der Waals surface area contributed by atoms with E-state index in [0.717, 1.165) is 33.8 Å². The summed E-state index contributed by atoms with van der Waals surface area (Å²) >= 11 is 0. The molecule has 2 unspecified atom stereocenters. The summed E-state index contributed by atoms with van der Waals surface area (Å²) in [6.07, 6.45) is -1.36. The number of carbonyl (C=O) groups excluding carboxylic acids is 2. The van der Waals surface area contributed by atoms with Crippen LogP contribution in [0.3, 0.4) is 0 Å². The number of nitrogens with two attached hydrogens (primary N) is 2. The topological polar surface area (TPSA) is 166 Å². The van der Waals surface area contributed by atoms with Crippen LogP contribution in [0.2, 0.25) is 0 Å². The molecule has 3 amide bonds. The van der Waals surface area contributed by atoms with E-state index in [2.05, 4.69) is 28.9 Å². The summed E-state index contributed by atoms with van der Waals surface area (Å²) in [5.41, 5.74) is 13.1. The summed E-state index contributed by atoms with van der Waals surface area (Å²) < 4.78 is 15.9. The van der Waals surface area contributed by atoms with Gasteiger partial charge in [-0.15, -0.1) is 0 Å². The molecule has 1 heterocycles. The van der Waals surface area contributed by atoms with Gasteiger partial charge < -0.3 is 41.2 Å². The SMILES string of the molecule is C.Cc1cc(C)cc(OCC(O)CO)c1.Cc1cc(C)cc(OCC2CNC(=O)O2)c1.NC(N)=O. The number of rotatable bonds is 7. The van der Waals surface area contributed by atoms with Crippen LogP contribution < -0.4 is 26.3 Å². The molecule has 3 rings (SSSR count). The average Bonchev–Trinajstić information content (AvgIpc) is 3.14. The predicted molar refractivity (Wildman–Crippen MR) is 135 cm³/mol. The Morgan fingerprint density at radius 3 is 1.80 bits per heavy atom. The highest BCUT2D eigenvalue weighted by Crippen LogP contribution is 2.17. The number of cyclic esters (lactones) is 1. The van der Waals surface area contributed by atoms with E-state index >= 15 is 0 Å². The minimum absolute atomic E-state index is 0. The van der Waals surface area contributed by atoms with Gasteiger partial charge in [0.25, 0.3) is 0 Å². The maximum absolute atomic E-state index is 10.8. The maximum atomic E-state index is 10.8. The smallest absolute Gasteiger partial charge is 0.407 e. The van der Waals surface area contributed by atoms with Gasteiger partial charge in [-0.2, -0.15) is 0 Å². The third-order valence-corrected chi connectivity index (χ3v) is 4.23. The lowest BCUT2D eigenvalue weighted by Crippen LogP contribution is -2.21. The van der Waals surface area contributed by atoms with Crippen LogP contribution in [-0.2, 0) is 4.74 Å². The summed E-state index contributed by atoms with van der Waals surface area (Å²) in [4.78, 5) is 19.8. The van der Waals surface area contributed by atoms with Crippen molar-refractivity contribution in [3.05, 3.63) is 58.7 Å². The summed E-state index contributed by atoms with van der Waals surface area (Å²) in [5, 5.41) is 20.3. The number of aliphatic hydroxyl groups is 2. The quantitative estimate of drug-likeness (QED) is 0.395. The van der Waals surface area contributed by atoms with E-state index in [-0.39, 0.29) is 32.8 Å². The Labute approximate surface area is 207 Å². The van der Waals surface area contributed by atoms with Crippen molar-refractivity contribution in [2.75, 3.05) is 26.4 Å². The Kier molecular flexibility index (Phi) is 14.6. The second-order valence-corrected chi connectivity index (χ2v) is 7.92. The molecule has 1 fully saturated rings. The van der Waals surface area contributed by atoms with Crippen LogP contribution in [0, 0.1) is 27.7 Å². The van der Waals surface area contributed by atoms with Gasteiger partial charge in [0.2, 0.25) is 0 Å². The van der Waals surface area contributed by atoms with Gasteiger partial charge in [0.15, 0.2) is 6.10 Å². The third kappa shape index (κ3) is 14.4. The molecule has 0 spiro atoms. The molecule has 7 N–H and O–H groups in total. The monoisotopic (exact) mass is 493 g/mol. The standard InChI is InChI=1S/C12H15NO3.C11H16O3.CH4N2O.CH4/c1-8-3-9(2)5-10(4-8)15-7-11-6-13-12(14)16-11;1-8-3-9(2)5-11(4-8)14-7-10(13)6-12;2-1(3)4;/h3-5,11H,6-7H2,1-2H3,(H,13,14);3-5,10,12-13H,6-7H2,1-2H3;(H4,2,3,4);1H4. The summed E-state index contributed by atoms with van der Waals surface area (Å²) in [6, 6.07) is 11.0. The summed E-state index contributed by atoms with van der Waals surface area (Å²) in [7, 11) is 0. The lowest BCUT2D eigenvalue weighted by molar-refractivity contribution is 0.0536. The Morgan fingerprint density at radius 2 is 1.43 bits per heavy atom. The van der Waals surface area contributed by atoms with Gasteiger partial charge in [0.05, 0.1) is 13.2 Å². The van der Waals surface area contributed by atoms with E-state index in [1.54, 1.807) is 0 Å². The molecule has 1 aliphatic rings. The molecule has 1 aliphatic heterocycles. The highest BCUT2D eigenvalue weighted by atomic mass is 16.6. The van der Waals surface area contributed by atoms with Crippen LogP contribution in [-0.4, -0.2) is 60.9 Å². The molecule has 0 aromatic heterocycles. The Morgan fingerprint density at radius 1 is 1.00 bits per heavy atom. The lowest BCUT2D eigenvalue weighted by Gasteiger charge is -2.11. The highest BCUT2D eigenvalue weighted by molar-refractivity contribution is 5.69. The molecule has 2 aromatic carbocycles. The zero-order chi connectivity index (χ0) is 25.7. The normalized spacial score (nSPS) is 14.5. The lowest BCUT2D eigenvalue weighted by atomic mass is 10.1. The molecule has 2 aromatic rings. The fourth-order valence-electron chi connectivity index (χ4n) is 2.99. The Balaban J connectivity index is 0.000000564. The molecule has 0 aliphatic carbocycles. The number of hydrogen-bond acceptors (Lipinski definition) is 7. The van der Waals surface area contributed by atoms with Crippen molar-refractivity contribution in [2.24, 2.45) is 11.5 Å². The molecule has 35 heavy (non-hydrogen) atoms. The van der Waals surface area contributed by atoms with E-state index in [1.165, 1.54) is 0 Å². The minimum atomic E-state index is -0.833. The Bertz CT molecular complexity index is 893. The fraction of sp³-hybridized carbons (Fsp3) is 0.440. The van der Waals surface area contributed by atoms with Gasteiger partial charge in [-0.05, 0) is 74.2 Å². The summed E-state index contributed by atoms with van der Waals surface area (Å²) in [6.45, 7) is 8.79. The van der Waals surface area contributed by atoms with Crippen molar-refractivity contribution in [1.82, 2.24) is 5.32 Å². The third-order valence-electron chi connectivity index (χ3n) is 4.23. The van der Waals surface area contributed by atoms with Crippen molar-refractivity contribution in [3.8, 4) is 11.5 Å². The van der Waals surface area contributed by atoms with Crippen molar-refractivity contribution in [3.63, 3.8) is 0 Å². The van der Waals surface area contributed by atoms with E-state index in [0.29, 0.717) is 13.2 Å². The number of benzene rings is 2. The summed E-state index contributed by atoms with van der Waals surface area (Å²) in [5.74, 6) is 1.55. The second kappa shape index (κ2) is 16.2. The van der Waals surface area contributed by atoms with E-state index in [4.69, 9.17) is 29.2 Å². The second-order valence-electron chi connectivity index (χ2n) is 7.92. The van der Waals surface area contributed by atoms with Crippen LogP contribution in [0.15, 0.2) is 36.4 Å². The van der Waals surface area contributed by atoms with Crippen molar-refractivity contribution < 1.29 is 34.0 Å². The molecule has 2 atom stereocenters. The van der Waals surface area contributed by atoms with E-state index in [9.17, 15) is 4.79 Å². The number of hydrogen-bond donors (Lipinski definition) is 5. The Hall–Kier alpha value is -3.50. The number of nitrogens with one attached hydrogen (secondary N) is 1. The highest BCUT2D eigenvalue weighted by Gasteiger charge is 2.22. The maximum Gasteiger partial charge on any atom is 0.407 e. The average molecular weight is 494 g/mol. The number of urea groups is 1. The van der Waals surface area contributed by atoms with Crippen molar-refractivity contribution in [2.45, 2.75) is 47.3 Å². The largest absolute Gasteiger partial charge is 0.491 e. The number of aliphatic hydroxyl groups excluding tert-OH is 2. The molecule has 10 heteroatoms. The van der Waals surface area contributed by atoms with Gasteiger partial charge >= 0.3 is 12.1 Å². The molecule has 0 saturated carbocycles. The van der Waals surface area contributed by atoms with Crippen LogP contribution in [0.1, 0.15) is 29.7 Å². The fourth-order valence-corrected chi connectivity index (χ4v) is 2.99. The predicted octanol–water partition coefficient (Wildman–Crippen LogP) is 2.49. The number of alkyl carbamates (subject to hydrolysis) is 1. The van der Waals surface area contributed by atoms with Crippen LogP contribution in [0.4, 0.5) is 9.59 Å².